The number of hydrogen-bond acceptors (Lipinski definition) is 2. The molecule has 0 N–H and O–H groups in total. The Morgan fingerprint density at radius 2 is 1.71 bits per heavy atom. The molecule has 0 aromatic rings. The van der Waals surface area contributed by atoms with Gasteiger partial charge in [-0.05, 0) is 25.7 Å². The number of esters is 1. The van der Waals surface area contributed by atoms with Crippen molar-refractivity contribution < 1.29 is 9.53 Å². The van der Waals surface area contributed by atoms with Gasteiger partial charge in [0.25, 0.3) is 0 Å². The SMILES string of the molecule is CCC=CC/C=C\CC/C=C/C=C/C(=O)OC. The Bertz CT molecular complexity index is 296. The minimum atomic E-state index is -0.322. The van der Waals surface area contributed by atoms with Crippen LogP contribution in [0.1, 0.15) is 32.6 Å². The summed E-state index contributed by atoms with van der Waals surface area (Å²) in [5, 5.41) is 0. The molecule has 0 rings (SSSR count). The van der Waals surface area contributed by atoms with E-state index in [1.165, 1.54) is 13.2 Å². The number of allylic oxidation sites excluding steroid dienone is 7. The molecule has 0 aliphatic heterocycles. The third-order valence-electron chi connectivity index (χ3n) is 2.02. The van der Waals surface area contributed by atoms with Crippen molar-refractivity contribution in [1.29, 1.82) is 0 Å². The molecule has 0 aliphatic rings. The second kappa shape index (κ2) is 12.5. The van der Waals surface area contributed by atoms with Crippen LogP contribution in [-0.2, 0) is 9.53 Å². The summed E-state index contributed by atoms with van der Waals surface area (Å²) < 4.78 is 4.46. The predicted octanol–water partition coefficient (Wildman–Crippen LogP) is 3.96. The molecule has 0 atom stereocenters. The van der Waals surface area contributed by atoms with Gasteiger partial charge < -0.3 is 4.74 Å². The molecule has 0 aromatic carbocycles. The fraction of sp³-hybridized carbons (Fsp3) is 0.400. The van der Waals surface area contributed by atoms with Crippen LogP contribution in [0.2, 0.25) is 0 Å². The Balaban J connectivity index is 3.50. The highest BCUT2D eigenvalue weighted by Crippen LogP contribution is 1.96. The molecule has 0 heterocycles. The summed E-state index contributed by atoms with van der Waals surface area (Å²) in [6, 6.07) is 0. The lowest BCUT2D eigenvalue weighted by Gasteiger charge is -1.87. The summed E-state index contributed by atoms with van der Waals surface area (Å²) in [6.07, 6.45) is 19.8. The zero-order valence-electron chi connectivity index (χ0n) is 10.8. The maximum absolute atomic E-state index is 10.7. The number of ether oxygens (including phenoxy) is 1. The molecule has 0 saturated carbocycles. The lowest BCUT2D eigenvalue weighted by Crippen LogP contribution is -1.92. The Kier molecular flexibility index (Phi) is 11.3. The van der Waals surface area contributed by atoms with E-state index in [-0.39, 0.29) is 5.97 Å². The highest BCUT2D eigenvalue weighted by Gasteiger charge is 1.86. The third-order valence-corrected chi connectivity index (χ3v) is 2.02. The van der Waals surface area contributed by atoms with Gasteiger partial charge in [-0.2, -0.15) is 0 Å². The van der Waals surface area contributed by atoms with Gasteiger partial charge >= 0.3 is 5.97 Å². The van der Waals surface area contributed by atoms with E-state index in [4.69, 9.17) is 0 Å². The van der Waals surface area contributed by atoms with Crippen molar-refractivity contribution in [3.05, 3.63) is 48.6 Å². The molecule has 0 aliphatic carbocycles. The fourth-order valence-electron chi connectivity index (χ4n) is 1.12. The summed E-state index contributed by atoms with van der Waals surface area (Å²) in [5.74, 6) is -0.322. The van der Waals surface area contributed by atoms with Crippen molar-refractivity contribution in [3.8, 4) is 0 Å². The van der Waals surface area contributed by atoms with Crippen molar-refractivity contribution in [2.75, 3.05) is 7.11 Å². The quantitative estimate of drug-likeness (QED) is 0.209. The zero-order chi connectivity index (χ0) is 12.8. The van der Waals surface area contributed by atoms with Crippen LogP contribution < -0.4 is 0 Å². The van der Waals surface area contributed by atoms with Crippen molar-refractivity contribution in [2.45, 2.75) is 32.6 Å². The molecular formula is C15H22O2. The minimum absolute atomic E-state index is 0.322. The molecule has 0 amide bonds. The van der Waals surface area contributed by atoms with Crippen LogP contribution >= 0.6 is 0 Å². The molecule has 94 valence electrons. The molecule has 17 heavy (non-hydrogen) atoms. The van der Waals surface area contributed by atoms with Gasteiger partial charge in [-0.1, -0.05) is 49.5 Å². The molecule has 0 bridgehead atoms. The summed E-state index contributed by atoms with van der Waals surface area (Å²) in [4.78, 5) is 10.7. The first kappa shape index (κ1) is 15.4. The second-order valence-corrected chi connectivity index (χ2v) is 3.47. The van der Waals surface area contributed by atoms with Crippen LogP contribution in [0, 0.1) is 0 Å². The molecule has 2 heteroatoms. The first-order valence-corrected chi connectivity index (χ1v) is 6.02. The van der Waals surface area contributed by atoms with Crippen molar-refractivity contribution in [3.63, 3.8) is 0 Å². The van der Waals surface area contributed by atoms with E-state index in [0.717, 1.165) is 25.7 Å². The predicted molar refractivity (Wildman–Crippen MR) is 72.7 cm³/mol. The average Bonchev–Trinajstić information content (AvgIpc) is 2.35. The van der Waals surface area contributed by atoms with E-state index in [9.17, 15) is 4.79 Å². The Morgan fingerprint density at radius 3 is 2.41 bits per heavy atom. The molecule has 0 fully saturated rings. The van der Waals surface area contributed by atoms with Gasteiger partial charge in [-0.15, -0.1) is 0 Å². The normalized spacial score (nSPS) is 12.4. The highest BCUT2D eigenvalue weighted by molar-refractivity contribution is 5.82. The van der Waals surface area contributed by atoms with Crippen LogP contribution in [0.5, 0.6) is 0 Å². The van der Waals surface area contributed by atoms with Crippen LogP contribution in [-0.4, -0.2) is 13.1 Å². The summed E-state index contributed by atoms with van der Waals surface area (Å²) in [5.41, 5.74) is 0. The summed E-state index contributed by atoms with van der Waals surface area (Å²) in [7, 11) is 1.37. The largest absolute Gasteiger partial charge is 0.466 e. The van der Waals surface area contributed by atoms with Crippen LogP contribution in [0.3, 0.4) is 0 Å². The molecule has 0 aromatic heterocycles. The zero-order valence-corrected chi connectivity index (χ0v) is 10.8. The van der Waals surface area contributed by atoms with Gasteiger partial charge in [-0.3, -0.25) is 0 Å². The van der Waals surface area contributed by atoms with Gasteiger partial charge in [0.05, 0.1) is 7.11 Å². The van der Waals surface area contributed by atoms with Crippen LogP contribution in [0.4, 0.5) is 0 Å². The van der Waals surface area contributed by atoms with Crippen molar-refractivity contribution in [2.24, 2.45) is 0 Å². The lowest BCUT2D eigenvalue weighted by atomic mass is 10.2. The van der Waals surface area contributed by atoms with Gasteiger partial charge in [0, 0.05) is 6.08 Å². The summed E-state index contributed by atoms with van der Waals surface area (Å²) >= 11 is 0. The monoisotopic (exact) mass is 234 g/mol. The van der Waals surface area contributed by atoms with E-state index in [1.807, 2.05) is 12.2 Å². The number of carbonyl (C=O) groups is 1. The van der Waals surface area contributed by atoms with Gasteiger partial charge in [0.2, 0.25) is 0 Å². The van der Waals surface area contributed by atoms with Crippen LogP contribution in [0.15, 0.2) is 48.6 Å². The highest BCUT2D eigenvalue weighted by atomic mass is 16.5. The molecular weight excluding hydrogens is 212 g/mol. The first-order valence-electron chi connectivity index (χ1n) is 6.02. The first-order chi connectivity index (χ1) is 8.31. The maximum atomic E-state index is 10.7. The fourth-order valence-corrected chi connectivity index (χ4v) is 1.12. The van der Waals surface area contributed by atoms with E-state index in [1.54, 1.807) is 6.08 Å². The molecule has 0 saturated heterocycles. The number of hydrogen-bond donors (Lipinski definition) is 0. The Labute approximate surface area is 104 Å². The van der Waals surface area contributed by atoms with Crippen molar-refractivity contribution >= 4 is 5.97 Å². The second-order valence-electron chi connectivity index (χ2n) is 3.47. The van der Waals surface area contributed by atoms with E-state index < -0.39 is 0 Å². The standard InChI is InChI=1S/C15H22O2/c1-3-4-5-6-7-8-9-10-11-12-13-14-15(16)17-2/h4-5,7-8,11-14H,3,6,9-10H2,1-2H3/b5-4?,8-7-,12-11+,14-13+. The third kappa shape index (κ3) is 12.4. The van der Waals surface area contributed by atoms with Crippen molar-refractivity contribution in [1.82, 2.24) is 0 Å². The summed E-state index contributed by atoms with van der Waals surface area (Å²) in [6.45, 7) is 2.13. The lowest BCUT2D eigenvalue weighted by molar-refractivity contribution is -0.134. The topological polar surface area (TPSA) is 26.3 Å². The van der Waals surface area contributed by atoms with E-state index in [2.05, 4.69) is 36.0 Å². The number of carbonyl (C=O) groups excluding carboxylic acids is 1. The number of rotatable bonds is 8. The molecule has 2 nitrogen and oxygen atoms in total. The smallest absolute Gasteiger partial charge is 0.330 e. The number of methoxy groups -OCH3 is 1. The Hall–Kier alpha value is -1.57. The maximum Gasteiger partial charge on any atom is 0.330 e. The van der Waals surface area contributed by atoms with Crippen LogP contribution in [0.25, 0.3) is 0 Å². The van der Waals surface area contributed by atoms with E-state index >= 15 is 0 Å². The molecule has 0 unspecified atom stereocenters. The van der Waals surface area contributed by atoms with E-state index in [0.29, 0.717) is 0 Å². The van der Waals surface area contributed by atoms with Gasteiger partial charge in [0.1, 0.15) is 0 Å². The van der Waals surface area contributed by atoms with Gasteiger partial charge in [0.15, 0.2) is 0 Å². The van der Waals surface area contributed by atoms with Gasteiger partial charge in [-0.25, -0.2) is 4.79 Å². The molecule has 0 radical (unpaired) electrons. The average molecular weight is 234 g/mol. The molecule has 0 spiro atoms. The number of unbranched alkanes of at least 4 members (excludes halogenated alkanes) is 1. The minimum Gasteiger partial charge on any atom is -0.466 e. The Morgan fingerprint density at radius 1 is 1.00 bits per heavy atom.